The van der Waals surface area contributed by atoms with Gasteiger partial charge in [0.05, 0.1) is 19.1 Å². The van der Waals surface area contributed by atoms with Gasteiger partial charge in [-0.2, -0.15) is 0 Å². The Balaban J connectivity index is 2.13. The van der Waals surface area contributed by atoms with Crippen molar-refractivity contribution in [1.29, 1.82) is 0 Å². The molecular formula is C15H13NO4. The number of methoxy groups -OCH3 is 1. The second kappa shape index (κ2) is 5.97. The van der Waals surface area contributed by atoms with Crippen LogP contribution in [-0.2, 0) is 0 Å². The van der Waals surface area contributed by atoms with Crippen LogP contribution in [0.5, 0.6) is 5.75 Å². The summed E-state index contributed by atoms with van der Waals surface area (Å²) in [7, 11) is 1.53. The highest BCUT2D eigenvalue weighted by Gasteiger charge is 2.16. The number of ketones is 2. The molecule has 0 fully saturated rings. The van der Waals surface area contributed by atoms with Crippen LogP contribution in [-0.4, -0.2) is 23.7 Å². The first kappa shape index (κ1) is 13.7. The summed E-state index contributed by atoms with van der Waals surface area (Å²) in [5.41, 5.74) is -0.0825. The highest BCUT2D eigenvalue weighted by Crippen LogP contribution is 2.13. The van der Waals surface area contributed by atoms with Crippen LogP contribution in [0.4, 0.5) is 0 Å². The van der Waals surface area contributed by atoms with Gasteiger partial charge in [0.25, 0.3) is 5.56 Å². The van der Waals surface area contributed by atoms with Gasteiger partial charge in [0.2, 0.25) is 0 Å². The van der Waals surface area contributed by atoms with Gasteiger partial charge in [-0.25, -0.2) is 0 Å². The number of nitrogens with one attached hydrogen (secondary N) is 1. The van der Waals surface area contributed by atoms with Crippen molar-refractivity contribution in [3.63, 3.8) is 0 Å². The number of carbonyl (C=O) groups excluding carboxylic acids is 2. The summed E-state index contributed by atoms with van der Waals surface area (Å²) in [4.78, 5) is 37.7. The molecule has 2 rings (SSSR count). The molecule has 0 radical (unpaired) electrons. The van der Waals surface area contributed by atoms with E-state index in [2.05, 4.69) is 4.98 Å². The number of H-pyrrole nitrogens is 1. The van der Waals surface area contributed by atoms with Crippen LogP contribution in [0.25, 0.3) is 0 Å². The van der Waals surface area contributed by atoms with E-state index in [-0.39, 0.29) is 17.8 Å². The third-order valence-corrected chi connectivity index (χ3v) is 2.85. The number of aromatic nitrogens is 1. The first-order valence-corrected chi connectivity index (χ1v) is 6.00. The summed E-state index contributed by atoms with van der Waals surface area (Å²) < 4.78 is 4.99. The third-order valence-electron chi connectivity index (χ3n) is 2.85. The minimum Gasteiger partial charge on any atom is -0.497 e. The molecule has 0 saturated carbocycles. The Bertz CT molecular complexity index is 686. The fraction of sp³-hybridized carbons (Fsp3) is 0.133. The highest BCUT2D eigenvalue weighted by molar-refractivity contribution is 6.13. The molecule has 2 aromatic rings. The fourth-order valence-corrected chi connectivity index (χ4v) is 1.76. The van der Waals surface area contributed by atoms with E-state index in [0.29, 0.717) is 11.3 Å². The predicted octanol–water partition coefficient (Wildman–Crippen LogP) is 1.84. The minimum atomic E-state index is -0.493. The lowest BCUT2D eigenvalue weighted by atomic mass is 10.0. The second-order valence-corrected chi connectivity index (χ2v) is 4.16. The number of hydrogen-bond acceptors (Lipinski definition) is 4. The number of carbonyl (C=O) groups is 2. The van der Waals surface area contributed by atoms with Crippen LogP contribution >= 0.6 is 0 Å². The van der Waals surface area contributed by atoms with Gasteiger partial charge in [-0.15, -0.1) is 0 Å². The second-order valence-electron chi connectivity index (χ2n) is 4.16. The largest absolute Gasteiger partial charge is 0.497 e. The van der Waals surface area contributed by atoms with Crippen LogP contribution < -0.4 is 10.3 Å². The van der Waals surface area contributed by atoms with Gasteiger partial charge in [-0.05, 0) is 36.4 Å². The molecule has 0 saturated heterocycles. The zero-order valence-corrected chi connectivity index (χ0v) is 10.9. The molecule has 0 aliphatic heterocycles. The molecule has 5 heteroatoms. The summed E-state index contributed by atoms with van der Waals surface area (Å²) in [6.45, 7) is 0. The number of pyridine rings is 1. The molecular weight excluding hydrogens is 258 g/mol. The van der Waals surface area contributed by atoms with Gasteiger partial charge in [-0.3, -0.25) is 14.4 Å². The fourth-order valence-electron chi connectivity index (χ4n) is 1.76. The van der Waals surface area contributed by atoms with Crippen LogP contribution in [0.1, 0.15) is 27.1 Å². The van der Waals surface area contributed by atoms with Crippen molar-refractivity contribution >= 4 is 11.6 Å². The maximum atomic E-state index is 12.0. The van der Waals surface area contributed by atoms with Crippen molar-refractivity contribution < 1.29 is 14.3 Å². The number of aromatic amines is 1. The molecule has 102 valence electrons. The van der Waals surface area contributed by atoms with E-state index in [1.54, 1.807) is 30.3 Å². The van der Waals surface area contributed by atoms with E-state index in [4.69, 9.17) is 4.74 Å². The quantitative estimate of drug-likeness (QED) is 0.665. The number of rotatable bonds is 5. The van der Waals surface area contributed by atoms with Gasteiger partial charge >= 0.3 is 0 Å². The van der Waals surface area contributed by atoms with Gasteiger partial charge in [0.1, 0.15) is 5.75 Å². The van der Waals surface area contributed by atoms with Gasteiger partial charge in [-0.1, -0.05) is 0 Å². The van der Waals surface area contributed by atoms with Gasteiger partial charge in [0.15, 0.2) is 11.6 Å². The zero-order chi connectivity index (χ0) is 14.5. The van der Waals surface area contributed by atoms with E-state index in [1.807, 2.05) is 0 Å². The molecule has 1 aromatic heterocycles. The number of hydrogen-bond donors (Lipinski definition) is 1. The van der Waals surface area contributed by atoms with E-state index in [0.717, 1.165) is 0 Å². The standard InChI is InChI=1S/C15H13NO4/c1-20-11-6-4-10(5-7-11)13(17)9-14(18)12-3-2-8-16-15(12)19/h2-8H,9H2,1H3,(H,16,19). The Kier molecular flexibility index (Phi) is 4.10. The SMILES string of the molecule is COc1ccc(C(=O)CC(=O)c2ccc[nH]c2=O)cc1. The predicted molar refractivity (Wildman–Crippen MR) is 73.3 cm³/mol. The van der Waals surface area contributed by atoms with E-state index >= 15 is 0 Å². The zero-order valence-electron chi connectivity index (χ0n) is 10.9. The topological polar surface area (TPSA) is 76.2 Å². The lowest BCUT2D eigenvalue weighted by Gasteiger charge is -2.02. The Hall–Kier alpha value is -2.69. The van der Waals surface area contributed by atoms with Gasteiger partial charge in [0, 0.05) is 11.8 Å². The molecule has 1 aromatic carbocycles. The van der Waals surface area contributed by atoms with Gasteiger partial charge < -0.3 is 9.72 Å². The molecule has 1 N–H and O–H groups in total. The van der Waals surface area contributed by atoms with Crippen molar-refractivity contribution in [1.82, 2.24) is 4.98 Å². The van der Waals surface area contributed by atoms with E-state index in [1.165, 1.54) is 19.4 Å². The average molecular weight is 271 g/mol. The summed E-state index contributed by atoms with van der Waals surface area (Å²) in [6.07, 6.45) is 1.10. The van der Waals surface area contributed by atoms with Crippen molar-refractivity contribution in [2.45, 2.75) is 6.42 Å². The third kappa shape index (κ3) is 3.00. The smallest absolute Gasteiger partial charge is 0.258 e. The molecule has 0 spiro atoms. The van der Waals surface area contributed by atoms with Crippen LogP contribution in [0.3, 0.4) is 0 Å². The highest BCUT2D eigenvalue weighted by atomic mass is 16.5. The maximum absolute atomic E-state index is 12.0. The molecule has 0 aliphatic rings. The van der Waals surface area contributed by atoms with E-state index < -0.39 is 11.3 Å². The Labute approximate surface area is 115 Å². The molecule has 0 unspecified atom stereocenters. The molecule has 0 aliphatic carbocycles. The minimum absolute atomic E-state index is 0.00522. The van der Waals surface area contributed by atoms with Crippen molar-refractivity contribution in [2.24, 2.45) is 0 Å². The lowest BCUT2D eigenvalue weighted by molar-refractivity contribution is 0.0893. The summed E-state index contributed by atoms with van der Waals surface area (Å²) in [5.74, 6) is -0.194. The van der Waals surface area contributed by atoms with Crippen molar-refractivity contribution in [3.05, 3.63) is 64.1 Å². The summed E-state index contributed by atoms with van der Waals surface area (Å²) in [5, 5.41) is 0. The molecule has 20 heavy (non-hydrogen) atoms. The Morgan fingerprint density at radius 2 is 1.80 bits per heavy atom. The van der Waals surface area contributed by atoms with Crippen LogP contribution in [0.15, 0.2) is 47.4 Å². The number of ether oxygens (including phenoxy) is 1. The molecule has 0 atom stereocenters. The first-order valence-electron chi connectivity index (χ1n) is 6.00. The van der Waals surface area contributed by atoms with E-state index in [9.17, 15) is 14.4 Å². The van der Waals surface area contributed by atoms with Crippen LogP contribution in [0, 0.1) is 0 Å². The van der Waals surface area contributed by atoms with Crippen LogP contribution in [0.2, 0.25) is 0 Å². The monoisotopic (exact) mass is 271 g/mol. The summed E-state index contributed by atoms with van der Waals surface area (Å²) >= 11 is 0. The lowest BCUT2D eigenvalue weighted by Crippen LogP contribution is -2.19. The number of Topliss-reactive ketones (excluding diaryl/α,β-unsaturated/α-hetero) is 2. The first-order chi connectivity index (χ1) is 9.61. The molecule has 1 heterocycles. The molecule has 5 nitrogen and oxygen atoms in total. The maximum Gasteiger partial charge on any atom is 0.258 e. The summed E-state index contributed by atoms with van der Waals surface area (Å²) in [6, 6.07) is 9.42. The average Bonchev–Trinajstić information content (AvgIpc) is 2.47. The molecule has 0 bridgehead atoms. The van der Waals surface area contributed by atoms with Crippen molar-refractivity contribution in [2.75, 3.05) is 7.11 Å². The molecule has 0 amide bonds. The number of benzene rings is 1. The Morgan fingerprint density at radius 3 is 2.40 bits per heavy atom. The Morgan fingerprint density at radius 1 is 1.10 bits per heavy atom. The normalized spacial score (nSPS) is 10.1. The van der Waals surface area contributed by atoms with Crippen molar-refractivity contribution in [3.8, 4) is 5.75 Å².